The van der Waals surface area contributed by atoms with E-state index in [1.165, 1.54) is 22.3 Å². The van der Waals surface area contributed by atoms with Gasteiger partial charge in [0.1, 0.15) is 0 Å². The summed E-state index contributed by atoms with van der Waals surface area (Å²) in [5.41, 5.74) is 5.20. The monoisotopic (exact) mass is 406 g/mol. The van der Waals surface area contributed by atoms with Crippen LogP contribution in [0.25, 0.3) is 0 Å². The molecule has 0 unspecified atom stereocenters. The van der Waals surface area contributed by atoms with Gasteiger partial charge in [-0.25, -0.2) is 0 Å². The van der Waals surface area contributed by atoms with Gasteiger partial charge in [-0.3, -0.25) is 0 Å². The Morgan fingerprint density at radius 2 is 0.645 bits per heavy atom. The second kappa shape index (κ2) is 11.3. The highest BCUT2D eigenvalue weighted by Crippen LogP contribution is 2.23. The molecule has 4 aromatic carbocycles. The van der Waals surface area contributed by atoms with E-state index < -0.39 is 0 Å². The van der Waals surface area contributed by atoms with Crippen molar-refractivity contribution in [1.29, 1.82) is 0 Å². The Hall–Kier alpha value is -3.20. The van der Waals surface area contributed by atoms with E-state index >= 15 is 0 Å². The molecule has 0 aliphatic carbocycles. The zero-order valence-electron chi connectivity index (χ0n) is 17.8. The largest absolute Gasteiger partial charge is 0.306 e. The van der Waals surface area contributed by atoms with Gasteiger partial charge in [0.05, 0.1) is 12.1 Å². The zero-order valence-corrected chi connectivity index (χ0v) is 17.8. The van der Waals surface area contributed by atoms with Crippen LogP contribution in [-0.4, -0.2) is 13.1 Å². The Morgan fingerprint density at radius 1 is 0.387 bits per heavy atom. The van der Waals surface area contributed by atoms with Crippen LogP contribution in [0.3, 0.4) is 0 Å². The summed E-state index contributed by atoms with van der Waals surface area (Å²) in [6.07, 6.45) is 1.05. The molecule has 0 radical (unpaired) electrons. The minimum atomic E-state index is 0.210. The standard InChI is InChI=1S/C29H30N2/c1-5-14-24(15-6-1)28(25-16-7-2-8-17-25)30-22-13-23-31-29(26-18-9-3-10-19-26)27-20-11-4-12-21-27/h1-12,14-21,28-31H,13,22-23H2. The Kier molecular flexibility index (Phi) is 7.65. The Labute approximate surface area is 186 Å². The Morgan fingerprint density at radius 3 is 0.903 bits per heavy atom. The molecule has 0 aliphatic heterocycles. The van der Waals surface area contributed by atoms with Crippen LogP contribution >= 0.6 is 0 Å². The van der Waals surface area contributed by atoms with Crippen molar-refractivity contribution < 1.29 is 0 Å². The second-order valence-electron chi connectivity index (χ2n) is 7.77. The predicted molar refractivity (Wildman–Crippen MR) is 130 cm³/mol. The summed E-state index contributed by atoms with van der Waals surface area (Å²) in [4.78, 5) is 0. The van der Waals surface area contributed by atoms with Crippen LogP contribution in [0.4, 0.5) is 0 Å². The van der Waals surface area contributed by atoms with Crippen molar-refractivity contribution in [2.24, 2.45) is 0 Å². The van der Waals surface area contributed by atoms with E-state index in [1.54, 1.807) is 0 Å². The van der Waals surface area contributed by atoms with Crippen LogP contribution in [0.2, 0.25) is 0 Å². The molecule has 0 bridgehead atoms. The molecule has 4 aromatic rings. The lowest BCUT2D eigenvalue weighted by atomic mass is 9.98. The van der Waals surface area contributed by atoms with Gasteiger partial charge in [-0.1, -0.05) is 121 Å². The highest BCUT2D eigenvalue weighted by Gasteiger charge is 2.14. The number of nitrogens with one attached hydrogen (secondary N) is 2. The zero-order chi connectivity index (χ0) is 21.1. The first-order valence-electron chi connectivity index (χ1n) is 11.1. The van der Waals surface area contributed by atoms with Gasteiger partial charge in [-0.2, -0.15) is 0 Å². The molecule has 2 N–H and O–H groups in total. The van der Waals surface area contributed by atoms with Crippen molar-refractivity contribution in [3.63, 3.8) is 0 Å². The predicted octanol–water partition coefficient (Wildman–Crippen LogP) is 6.13. The molecule has 2 heteroatoms. The van der Waals surface area contributed by atoms with Gasteiger partial charge in [0, 0.05) is 0 Å². The summed E-state index contributed by atoms with van der Waals surface area (Å²) in [5.74, 6) is 0. The van der Waals surface area contributed by atoms with Crippen molar-refractivity contribution in [3.8, 4) is 0 Å². The van der Waals surface area contributed by atoms with Crippen molar-refractivity contribution in [1.82, 2.24) is 10.6 Å². The smallest absolute Gasteiger partial charge is 0.0576 e. The van der Waals surface area contributed by atoms with Crippen molar-refractivity contribution in [3.05, 3.63) is 144 Å². The second-order valence-corrected chi connectivity index (χ2v) is 7.77. The molecule has 31 heavy (non-hydrogen) atoms. The quantitative estimate of drug-likeness (QED) is 0.309. The molecule has 0 spiro atoms. The molecule has 0 aliphatic rings. The molecule has 2 nitrogen and oxygen atoms in total. The van der Waals surface area contributed by atoms with Crippen LogP contribution in [0.5, 0.6) is 0 Å². The molecular formula is C29H30N2. The van der Waals surface area contributed by atoms with Gasteiger partial charge >= 0.3 is 0 Å². The van der Waals surface area contributed by atoms with Crippen LogP contribution in [0.15, 0.2) is 121 Å². The maximum Gasteiger partial charge on any atom is 0.0576 e. The first kappa shape index (κ1) is 21.0. The Bertz CT molecular complexity index is 838. The SMILES string of the molecule is c1ccc(C(NCCCNC(c2ccccc2)c2ccccc2)c2ccccc2)cc1. The minimum Gasteiger partial charge on any atom is -0.306 e. The summed E-state index contributed by atoms with van der Waals surface area (Å²) in [5, 5.41) is 7.53. The highest BCUT2D eigenvalue weighted by atomic mass is 14.9. The normalized spacial score (nSPS) is 11.2. The molecule has 156 valence electrons. The average molecular weight is 407 g/mol. The maximum absolute atomic E-state index is 3.77. The fourth-order valence-electron chi connectivity index (χ4n) is 4.02. The fourth-order valence-corrected chi connectivity index (χ4v) is 4.02. The summed E-state index contributed by atoms with van der Waals surface area (Å²) in [6.45, 7) is 1.88. The van der Waals surface area contributed by atoms with Crippen LogP contribution in [0.1, 0.15) is 40.8 Å². The van der Waals surface area contributed by atoms with Crippen molar-refractivity contribution in [2.45, 2.75) is 18.5 Å². The summed E-state index contributed by atoms with van der Waals surface area (Å²) >= 11 is 0. The van der Waals surface area contributed by atoms with E-state index in [9.17, 15) is 0 Å². The van der Waals surface area contributed by atoms with Gasteiger partial charge in [0.25, 0.3) is 0 Å². The lowest BCUT2D eigenvalue weighted by Crippen LogP contribution is -2.28. The van der Waals surface area contributed by atoms with Gasteiger partial charge in [-0.15, -0.1) is 0 Å². The van der Waals surface area contributed by atoms with Gasteiger partial charge < -0.3 is 10.6 Å². The summed E-state index contributed by atoms with van der Waals surface area (Å²) < 4.78 is 0. The fraction of sp³-hybridized carbons (Fsp3) is 0.172. The van der Waals surface area contributed by atoms with E-state index in [0.29, 0.717) is 0 Å². The van der Waals surface area contributed by atoms with Crippen molar-refractivity contribution in [2.75, 3.05) is 13.1 Å². The molecule has 0 aromatic heterocycles. The average Bonchev–Trinajstić information content (AvgIpc) is 2.86. The number of hydrogen-bond acceptors (Lipinski definition) is 2. The summed E-state index contributed by atoms with van der Waals surface area (Å²) in [6, 6.07) is 43.2. The van der Waals surface area contributed by atoms with E-state index in [4.69, 9.17) is 0 Å². The van der Waals surface area contributed by atoms with Crippen LogP contribution in [-0.2, 0) is 0 Å². The minimum absolute atomic E-state index is 0.210. The topological polar surface area (TPSA) is 24.1 Å². The van der Waals surface area contributed by atoms with Gasteiger partial charge in [0.15, 0.2) is 0 Å². The molecule has 0 atom stereocenters. The van der Waals surface area contributed by atoms with E-state index in [-0.39, 0.29) is 12.1 Å². The third-order valence-electron chi connectivity index (χ3n) is 5.58. The molecule has 0 amide bonds. The first-order chi connectivity index (χ1) is 15.4. The van der Waals surface area contributed by atoms with Crippen LogP contribution < -0.4 is 10.6 Å². The lowest BCUT2D eigenvalue weighted by Gasteiger charge is -2.22. The number of rotatable bonds is 10. The molecule has 0 saturated heterocycles. The molecule has 0 fully saturated rings. The third-order valence-corrected chi connectivity index (χ3v) is 5.58. The molecule has 0 heterocycles. The van der Waals surface area contributed by atoms with E-state index in [1.807, 2.05) is 0 Å². The van der Waals surface area contributed by atoms with E-state index in [0.717, 1.165) is 19.5 Å². The van der Waals surface area contributed by atoms with Gasteiger partial charge in [0.2, 0.25) is 0 Å². The number of hydrogen-bond donors (Lipinski definition) is 2. The first-order valence-corrected chi connectivity index (χ1v) is 11.1. The summed E-state index contributed by atoms with van der Waals surface area (Å²) in [7, 11) is 0. The van der Waals surface area contributed by atoms with E-state index in [2.05, 4.69) is 132 Å². The third kappa shape index (κ3) is 5.91. The molecule has 4 rings (SSSR count). The van der Waals surface area contributed by atoms with Crippen molar-refractivity contribution >= 4 is 0 Å². The maximum atomic E-state index is 3.77. The Balaban J connectivity index is 1.37. The molecule has 0 saturated carbocycles. The molecular weight excluding hydrogens is 376 g/mol. The lowest BCUT2D eigenvalue weighted by molar-refractivity contribution is 0.534. The number of benzene rings is 4. The van der Waals surface area contributed by atoms with Gasteiger partial charge in [-0.05, 0) is 41.8 Å². The highest BCUT2D eigenvalue weighted by molar-refractivity contribution is 5.32. The van der Waals surface area contributed by atoms with Crippen LogP contribution in [0, 0.1) is 0 Å².